The quantitative estimate of drug-likeness (QED) is 0.640. The van der Waals surface area contributed by atoms with Crippen LogP contribution in [0.15, 0.2) is 18.2 Å². The van der Waals surface area contributed by atoms with E-state index < -0.39 is 17.9 Å². The number of benzene rings is 1. The molecule has 0 aromatic heterocycles. The smallest absolute Gasteiger partial charge is 0.406 e. The summed E-state index contributed by atoms with van der Waals surface area (Å²) in [6, 6.07) is 3.11. The molecule has 0 saturated carbocycles. The van der Waals surface area contributed by atoms with Crippen LogP contribution < -0.4 is 10.1 Å². The average Bonchev–Trinajstić information content (AvgIpc) is 2.19. The van der Waals surface area contributed by atoms with Crippen molar-refractivity contribution in [3.8, 4) is 5.75 Å². The van der Waals surface area contributed by atoms with Gasteiger partial charge in [0, 0.05) is 18.2 Å². The number of rotatable bonds is 5. The fourth-order valence-corrected chi connectivity index (χ4v) is 1.27. The molecule has 1 aromatic carbocycles. The molecule has 0 unspecified atom stereocenters. The Morgan fingerprint density at radius 3 is 2.53 bits per heavy atom. The molecule has 96 valence electrons. The molecule has 0 amide bonds. The molecule has 0 atom stereocenters. The Morgan fingerprint density at radius 2 is 2.00 bits per heavy atom. The van der Waals surface area contributed by atoms with Crippen LogP contribution in [0.1, 0.15) is 18.9 Å². The van der Waals surface area contributed by atoms with Crippen molar-refractivity contribution < 1.29 is 22.3 Å². The number of ether oxygens (including phenoxy) is 1. The average molecular weight is 251 g/mol. The molecule has 1 N–H and O–H groups in total. The van der Waals surface area contributed by atoms with Gasteiger partial charge in [-0.2, -0.15) is 0 Å². The Labute approximate surface area is 96.6 Å². The predicted molar refractivity (Wildman–Crippen MR) is 55.1 cm³/mol. The number of hydrogen-bond acceptors (Lipinski definition) is 2. The minimum Gasteiger partial charge on any atom is -0.406 e. The van der Waals surface area contributed by atoms with Gasteiger partial charge in [0.15, 0.2) is 0 Å². The Bertz CT molecular complexity index is 365. The topological polar surface area (TPSA) is 21.3 Å². The summed E-state index contributed by atoms with van der Waals surface area (Å²) < 4.78 is 52.6. The van der Waals surface area contributed by atoms with Gasteiger partial charge in [-0.15, -0.1) is 13.2 Å². The SMILES string of the molecule is CCCNCc1ccc(OC(F)(F)F)cc1F. The van der Waals surface area contributed by atoms with Crippen LogP contribution in [0.25, 0.3) is 0 Å². The molecule has 1 rings (SSSR count). The van der Waals surface area contributed by atoms with Crippen molar-refractivity contribution in [3.63, 3.8) is 0 Å². The molecule has 0 aliphatic heterocycles. The molecule has 1 aromatic rings. The van der Waals surface area contributed by atoms with E-state index in [9.17, 15) is 17.6 Å². The van der Waals surface area contributed by atoms with E-state index in [1.165, 1.54) is 6.07 Å². The summed E-state index contributed by atoms with van der Waals surface area (Å²) in [6.07, 6.45) is -3.90. The van der Waals surface area contributed by atoms with Crippen molar-refractivity contribution in [2.24, 2.45) is 0 Å². The monoisotopic (exact) mass is 251 g/mol. The minimum absolute atomic E-state index is 0.284. The fraction of sp³-hybridized carbons (Fsp3) is 0.455. The van der Waals surface area contributed by atoms with Crippen LogP contribution in [0.2, 0.25) is 0 Å². The van der Waals surface area contributed by atoms with Crippen molar-refractivity contribution in [3.05, 3.63) is 29.6 Å². The van der Waals surface area contributed by atoms with Gasteiger partial charge >= 0.3 is 6.36 Å². The lowest BCUT2D eigenvalue weighted by molar-refractivity contribution is -0.274. The molecule has 0 radical (unpaired) electrons. The Kier molecular flexibility index (Phi) is 4.74. The van der Waals surface area contributed by atoms with E-state index in [1.54, 1.807) is 0 Å². The minimum atomic E-state index is -4.80. The maximum atomic E-state index is 13.4. The van der Waals surface area contributed by atoms with E-state index in [-0.39, 0.29) is 6.54 Å². The highest BCUT2D eigenvalue weighted by Gasteiger charge is 2.31. The van der Waals surface area contributed by atoms with Crippen LogP contribution in [0.3, 0.4) is 0 Å². The van der Waals surface area contributed by atoms with E-state index in [0.717, 1.165) is 25.1 Å². The zero-order chi connectivity index (χ0) is 12.9. The lowest BCUT2D eigenvalue weighted by atomic mass is 10.2. The van der Waals surface area contributed by atoms with E-state index in [2.05, 4.69) is 10.1 Å². The molecule has 6 heteroatoms. The zero-order valence-corrected chi connectivity index (χ0v) is 9.27. The molecule has 0 fully saturated rings. The molecule has 0 heterocycles. The third-order valence-corrected chi connectivity index (χ3v) is 2.00. The summed E-state index contributed by atoms with van der Waals surface area (Å²) in [5, 5.41) is 2.96. The number of hydrogen-bond donors (Lipinski definition) is 1. The van der Waals surface area contributed by atoms with Crippen LogP contribution in [0.5, 0.6) is 5.75 Å². The van der Waals surface area contributed by atoms with Crippen molar-refractivity contribution in [1.29, 1.82) is 0 Å². The summed E-state index contributed by atoms with van der Waals surface area (Å²) in [4.78, 5) is 0. The van der Waals surface area contributed by atoms with Crippen molar-refractivity contribution in [1.82, 2.24) is 5.32 Å². The van der Waals surface area contributed by atoms with Gasteiger partial charge in [0.1, 0.15) is 11.6 Å². The molecular weight excluding hydrogens is 238 g/mol. The molecule has 0 aliphatic rings. The Balaban J connectivity index is 2.66. The van der Waals surface area contributed by atoms with Crippen LogP contribution in [-0.2, 0) is 6.54 Å². The van der Waals surface area contributed by atoms with E-state index in [1.807, 2.05) is 6.92 Å². The van der Waals surface area contributed by atoms with Crippen LogP contribution in [0.4, 0.5) is 17.6 Å². The van der Waals surface area contributed by atoms with Crippen molar-refractivity contribution in [2.45, 2.75) is 26.3 Å². The molecule has 0 bridgehead atoms. The second-order valence-electron chi connectivity index (χ2n) is 3.48. The zero-order valence-electron chi connectivity index (χ0n) is 9.27. The Morgan fingerprint density at radius 1 is 1.29 bits per heavy atom. The van der Waals surface area contributed by atoms with Gasteiger partial charge in [0.25, 0.3) is 0 Å². The van der Waals surface area contributed by atoms with E-state index in [0.29, 0.717) is 5.56 Å². The first-order valence-electron chi connectivity index (χ1n) is 5.17. The molecule has 0 spiro atoms. The first-order valence-corrected chi connectivity index (χ1v) is 5.17. The van der Waals surface area contributed by atoms with E-state index >= 15 is 0 Å². The number of halogens is 4. The van der Waals surface area contributed by atoms with Crippen molar-refractivity contribution in [2.75, 3.05) is 6.54 Å². The highest BCUT2D eigenvalue weighted by atomic mass is 19.4. The fourth-order valence-electron chi connectivity index (χ4n) is 1.27. The summed E-state index contributed by atoms with van der Waals surface area (Å²) in [7, 11) is 0. The van der Waals surface area contributed by atoms with Crippen LogP contribution in [-0.4, -0.2) is 12.9 Å². The number of alkyl halides is 3. The summed E-state index contributed by atoms with van der Waals surface area (Å²) in [5.74, 6) is -1.26. The maximum absolute atomic E-state index is 13.4. The molecular formula is C11H13F4NO. The van der Waals surface area contributed by atoms with E-state index in [4.69, 9.17) is 0 Å². The van der Waals surface area contributed by atoms with Gasteiger partial charge in [-0.1, -0.05) is 13.0 Å². The van der Waals surface area contributed by atoms with Gasteiger partial charge < -0.3 is 10.1 Å². The van der Waals surface area contributed by atoms with Crippen LogP contribution in [0, 0.1) is 5.82 Å². The third-order valence-electron chi connectivity index (χ3n) is 2.00. The first kappa shape index (κ1) is 13.8. The van der Waals surface area contributed by atoms with Gasteiger partial charge in [-0.3, -0.25) is 0 Å². The third kappa shape index (κ3) is 5.04. The second-order valence-corrected chi connectivity index (χ2v) is 3.48. The highest BCUT2D eigenvalue weighted by molar-refractivity contribution is 5.29. The number of nitrogens with one attached hydrogen (secondary N) is 1. The normalized spacial score (nSPS) is 11.6. The molecule has 17 heavy (non-hydrogen) atoms. The Hall–Kier alpha value is -1.30. The second kappa shape index (κ2) is 5.86. The summed E-state index contributed by atoms with van der Waals surface area (Å²) in [5.41, 5.74) is 0.313. The van der Waals surface area contributed by atoms with Gasteiger partial charge in [-0.05, 0) is 19.0 Å². The standard InChI is InChI=1S/C11H13F4NO/c1-2-5-16-7-8-3-4-9(6-10(8)12)17-11(13,14)15/h3-4,6,16H,2,5,7H2,1H3. The maximum Gasteiger partial charge on any atom is 0.573 e. The van der Waals surface area contributed by atoms with Crippen molar-refractivity contribution >= 4 is 0 Å². The summed E-state index contributed by atoms with van der Waals surface area (Å²) >= 11 is 0. The van der Waals surface area contributed by atoms with Gasteiger partial charge in [-0.25, -0.2) is 4.39 Å². The lowest BCUT2D eigenvalue weighted by Gasteiger charge is -2.10. The molecule has 0 aliphatic carbocycles. The largest absolute Gasteiger partial charge is 0.573 e. The predicted octanol–water partition coefficient (Wildman–Crippen LogP) is 3.22. The van der Waals surface area contributed by atoms with Gasteiger partial charge in [0.2, 0.25) is 0 Å². The molecule has 2 nitrogen and oxygen atoms in total. The highest BCUT2D eigenvalue weighted by Crippen LogP contribution is 2.24. The lowest BCUT2D eigenvalue weighted by Crippen LogP contribution is -2.18. The molecule has 0 saturated heterocycles. The van der Waals surface area contributed by atoms with Crippen LogP contribution >= 0.6 is 0 Å². The van der Waals surface area contributed by atoms with Gasteiger partial charge in [0.05, 0.1) is 0 Å². The summed E-state index contributed by atoms with van der Waals surface area (Å²) in [6.45, 7) is 2.97. The first-order chi connectivity index (χ1) is 7.92.